The quantitative estimate of drug-likeness (QED) is 0.876. The smallest absolute Gasteiger partial charge is 0.304 e. The third-order valence-corrected chi connectivity index (χ3v) is 4.43. The zero-order valence-corrected chi connectivity index (χ0v) is 11.8. The minimum absolute atomic E-state index is 0.199. The average Bonchev–Trinajstić information content (AvgIpc) is 2.65. The Kier molecular flexibility index (Phi) is 5.44. The average molecular weight is 306 g/mol. The van der Waals surface area contributed by atoms with Crippen molar-refractivity contribution in [3.63, 3.8) is 0 Å². The van der Waals surface area contributed by atoms with E-state index in [2.05, 4.69) is 46.1 Å². The number of carboxylic acid groups (broad SMARTS) is 1. The number of thiophene rings is 1. The first-order chi connectivity index (χ1) is 7.54. The molecule has 5 heteroatoms. The van der Waals surface area contributed by atoms with Gasteiger partial charge in [-0.2, -0.15) is 0 Å². The van der Waals surface area contributed by atoms with Gasteiger partial charge in [-0.3, -0.25) is 9.69 Å². The lowest BCUT2D eigenvalue weighted by molar-refractivity contribution is -0.137. The predicted octanol–water partition coefficient (Wildman–Crippen LogP) is 3.37. The van der Waals surface area contributed by atoms with Gasteiger partial charge in [-0.25, -0.2) is 0 Å². The van der Waals surface area contributed by atoms with Crippen molar-refractivity contribution in [3.05, 3.63) is 20.8 Å². The van der Waals surface area contributed by atoms with Crippen LogP contribution in [0.4, 0.5) is 0 Å². The van der Waals surface area contributed by atoms with Gasteiger partial charge in [-0.1, -0.05) is 6.92 Å². The van der Waals surface area contributed by atoms with Crippen molar-refractivity contribution in [3.8, 4) is 0 Å². The third kappa shape index (κ3) is 3.88. The standard InChI is InChI=1S/C11H16BrNO2S/c1-3-13(5-4-11(14)15)8(2)10-6-9(12)7-16-10/h6-8H,3-5H2,1-2H3,(H,14,15). The van der Waals surface area contributed by atoms with E-state index in [0.717, 1.165) is 11.0 Å². The highest BCUT2D eigenvalue weighted by Crippen LogP contribution is 2.29. The van der Waals surface area contributed by atoms with Crippen LogP contribution in [0.1, 0.15) is 31.2 Å². The first-order valence-electron chi connectivity index (χ1n) is 5.24. The lowest BCUT2D eigenvalue weighted by Crippen LogP contribution is -2.28. The Morgan fingerprint density at radius 1 is 1.69 bits per heavy atom. The maximum atomic E-state index is 10.6. The minimum atomic E-state index is -0.738. The summed E-state index contributed by atoms with van der Waals surface area (Å²) >= 11 is 5.13. The Bertz CT molecular complexity index is 354. The fraction of sp³-hybridized carbons (Fsp3) is 0.545. The molecule has 1 aromatic heterocycles. The van der Waals surface area contributed by atoms with Crippen molar-refractivity contribution >= 4 is 33.2 Å². The molecule has 0 aliphatic rings. The van der Waals surface area contributed by atoms with Crippen LogP contribution in [0.5, 0.6) is 0 Å². The summed E-state index contributed by atoms with van der Waals surface area (Å²) in [6.45, 7) is 5.64. The molecule has 16 heavy (non-hydrogen) atoms. The predicted molar refractivity (Wildman–Crippen MR) is 69.9 cm³/mol. The van der Waals surface area contributed by atoms with Crippen molar-refractivity contribution in [2.75, 3.05) is 13.1 Å². The maximum Gasteiger partial charge on any atom is 0.304 e. The van der Waals surface area contributed by atoms with Crippen molar-refractivity contribution in [1.82, 2.24) is 4.90 Å². The molecule has 1 aromatic rings. The molecule has 1 N–H and O–H groups in total. The van der Waals surface area contributed by atoms with Gasteiger partial charge in [0.25, 0.3) is 0 Å². The second-order valence-electron chi connectivity index (χ2n) is 3.62. The molecular weight excluding hydrogens is 290 g/mol. The zero-order chi connectivity index (χ0) is 12.1. The Hall–Kier alpha value is -0.390. The van der Waals surface area contributed by atoms with E-state index in [9.17, 15) is 4.79 Å². The summed E-state index contributed by atoms with van der Waals surface area (Å²) < 4.78 is 1.09. The molecule has 0 spiro atoms. The van der Waals surface area contributed by atoms with Gasteiger partial charge in [0, 0.05) is 27.3 Å². The highest BCUT2D eigenvalue weighted by molar-refractivity contribution is 9.10. The Morgan fingerprint density at radius 2 is 2.38 bits per heavy atom. The Labute approximate surface area is 108 Å². The summed E-state index contributed by atoms with van der Waals surface area (Å²) in [5.74, 6) is -0.738. The van der Waals surface area contributed by atoms with E-state index in [4.69, 9.17) is 5.11 Å². The summed E-state index contributed by atoms with van der Waals surface area (Å²) in [6, 6.07) is 2.37. The number of nitrogens with zero attached hydrogens (tertiary/aromatic N) is 1. The summed E-state index contributed by atoms with van der Waals surface area (Å²) in [4.78, 5) is 14.0. The molecule has 90 valence electrons. The van der Waals surface area contributed by atoms with Crippen LogP contribution in [-0.2, 0) is 4.79 Å². The van der Waals surface area contributed by atoms with Gasteiger partial charge in [-0.05, 0) is 35.5 Å². The van der Waals surface area contributed by atoms with Crippen LogP contribution < -0.4 is 0 Å². The third-order valence-electron chi connectivity index (χ3n) is 2.57. The van der Waals surface area contributed by atoms with Gasteiger partial charge in [0.05, 0.1) is 6.42 Å². The molecule has 0 saturated carbocycles. The first-order valence-corrected chi connectivity index (χ1v) is 6.91. The van der Waals surface area contributed by atoms with E-state index >= 15 is 0 Å². The highest BCUT2D eigenvalue weighted by Gasteiger charge is 2.16. The Balaban J connectivity index is 2.61. The van der Waals surface area contributed by atoms with Gasteiger partial charge in [0.1, 0.15) is 0 Å². The number of hydrogen-bond donors (Lipinski definition) is 1. The van der Waals surface area contributed by atoms with E-state index in [1.54, 1.807) is 11.3 Å². The van der Waals surface area contributed by atoms with Crippen molar-refractivity contribution < 1.29 is 9.90 Å². The summed E-state index contributed by atoms with van der Waals surface area (Å²) in [5.41, 5.74) is 0. The number of carboxylic acids is 1. The lowest BCUT2D eigenvalue weighted by Gasteiger charge is -2.26. The number of rotatable bonds is 6. The monoisotopic (exact) mass is 305 g/mol. The van der Waals surface area contributed by atoms with Crippen molar-refractivity contribution in [2.45, 2.75) is 26.3 Å². The molecule has 0 fully saturated rings. The molecule has 0 bridgehead atoms. The van der Waals surface area contributed by atoms with Crippen LogP contribution >= 0.6 is 27.3 Å². The second-order valence-corrected chi connectivity index (χ2v) is 5.47. The van der Waals surface area contributed by atoms with Gasteiger partial charge >= 0.3 is 5.97 Å². The molecule has 1 atom stereocenters. The molecule has 1 rings (SSSR count). The summed E-state index contributed by atoms with van der Waals surface area (Å²) in [7, 11) is 0. The number of hydrogen-bond acceptors (Lipinski definition) is 3. The molecule has 0 aliphatic carbocycles. The highest BCUT2D eigenvalue weighted by atomic mass is 79.9. The number of halogens is 1. The van der Waals surface area contributed by atoms with E-state index in [0.29, 0.717) is 6.54 Å². The fourth-order valence-corrected chi connectivity index (χ4v) is 3.13. The van der Waals surface area contributed by atoms with Gasteiger partial charge in [0.15, 0.2) is 0 Å². The molecule has 0 radical (unpaired) electrons. The van der Waals surface area contributed by atoms with Crippen LogP contribution in [0.15, 0.2) is 15.9 Å². The van der Waals surface area contributed by atoms with Gasteiger partial charge in [0.2, 0.25) is 0 Å². The lowest BCUT2D eigenvalue weighted by atomic mass is 10.2. The van der Waals surface area contributed by atoms with Crippen molar-refractivity contribution in [1.29, 1.82) is 0 Å². The molecule has 1 heterocycles. The van der Waals surface area contributed by atoms with E-state index in [-0.39, 0.29) is 12.5 Å². The fourth-order valence-electron chi connectivity index (χ4n) is 1.59. The van der Waals surface area contributed by atoms with Crippen LogP contribution in [0, 0.1) is 0 Å². The molecule has 1 unspecified atom stereocenters. The first kappa shape index (κ1) is 13.7. The second kappa shape index (κ2) is 6.37. The molecular formula is C11H16BrNO2S. The normalized spacial score (nSPS) is 13.0. The topological polar surface area (TPSA) is 40.5 Å². The van der Waals surface area contributed by atoms with Crippen molar-refractivity contribution in [2.24, 2.45) is 0 Å². The SMILES string of the molecule is CCN(CCC(=O)O)C(C)c1cc(Br)cs1. The van der Waals surface area contributed by atoms with E-state index in [1.165, 1.54) is 4.88 Å². The van der Waals surface area contributed by atoms with Crippen LogP contribution in [-0.4, -0.2) is 29.1 Å². The molecule has 0 aromatic carbocycles. The number of carbonyl (C=O) groups is 1. The largest absolute Gasteiger partial charge is 0.481 e. The zero-order valence-electron chi connectivity index (χ0n) is 9.44. The van der Waals surface area contributed by atoms with E-state index < -0.39 is 5.97 Å². The van der Waals surface area contributed by atoms with Gasteiger partial charge in [-0.15, -0.1) is 11.3 Å². The molecule has 0 aliphatic heterocycles. The number of aliphatic carboxylic acids is 1. The minimum Gasteiger partial charge on any atom is -0.481 e. The van der Waals surface area contributed by atoms with Crippen LogP contribution in [0.25, 0.3) is 0 Å². The molecule has 0 saturated heterocycles. The van der Waals surface area contributed by atoms with Crippen LogP contribution in [0.3, 0.4) is 0 Å². The van der Waals surface area contributed by atoms with E-state index in [1.807, 2.05) is 0 Å². The van der Waals surface area contributed by atoms with Crippen LogP contribution in [0.2, 0.25) is 0 Å². The molecule has 0 amide bonds. The Morgan fingerprint density at radius 3 is 2.81 bits per heavy atom. The van der Waals surface area contributed by atoms with Gasteiger partial charge < -0.3 is 5.11 Å². The summed E-state index contributed by atoms with van der Waals surface area (Å²) in [6.07, 6.45) is 0.199. The molecule has 3 nitrogen and oxygen atoms in total. The maximum absolute atomic E-state index is 10.6. The summed E-state index contributed by atoms with van der Waals surface area (Å²) in [5, 5.41) is 10.7.